The van der Waals surface area contributed by atoms with E-state index >= 15 is 0 Å². The largest absolute Gasteiger partial charge is 0.481 e. The zero-order chi connectivity index (χ0) is 8.15. The lowest BCUT2D eigenvalue weighted by Gasteiger charge is -2.12. The van der Waals surface area contributed by atoms with E-state index in [-0.39, 0.29) is 12.8 Å². The van der Waals surface area contributed by atoms with E-state index in [1.807, 2.05) is 0 Å². The first-order chi connectivity index (χ1) is 4.54. The van der Waals surface area contributed by atoms with Gasteiger partial charge in [0.1, 0.15) is 6.23 Å². The predicted molar refractivity (Wildman–Crippen MR) is 35.0 cm³/mol. The number of rotatable bonds is 4. The summed E-state index contributed by atoms with van der Waals surface area (Å²) in [6.07, 6.45) is -0.984. The average molecular weight is 148 g/mol. The van der Waals surface area contributed by atoms with Crippen molar-refractivity contribution in [3.05, 3.63) is 0 Å². The highest BCUT2D eigenvalue weighted by atomic mass is 16.4. The Balaban J connectivity index is 3.39. The second kappa shape index (κ2) is 4.21. The zero-order valence-electron chi connectivity index (χ0n) is 5.53. The van der Waals surface area contributed by atoms with Gasteiger partial charge in [0.05, 0.1) is 0 Å². The van der Waals surface area contributed by atoms with Crippen molar-refractivity contribution in [2.75, 3.05) is 0 Å². The Hall–Kier alpha value is -0.650. The number of aliphatic hydroxyl groups excluding tert-OH is 1. The van der Waals surface area contributed by atoms with E-state index in [0.717, 1.165) is 0 Å². The Morgan fingerprint density at radius 2 is 2.00 bits per heavy atom. The number of aliphatic hydroxyl groups is 1. The zero-order valence-corrected chi connectivity index (χ0v) is 5.53. The van der Waals surface area contributed by atoms with E-state index < -0.39 is 18.2 Å². The van der Waals surface area contributed by atoms with Crippen molar-refractivity contribution in [1.29, 1.82) is 0 Å². The number of nitrogens with two attached hydrogens (primary N) is 2. The van der Waals surface area contributed by atoms with Crippen molar-refractivity contribution in [3.63, 3.8) is 0 Å². The summed E-state index contributed by atoms with van der Waals surface area (Å²) < 4.78 is 0. The van der Waals surface area contributed by atoms with Gasteiger partial charge in [-0.25, -0.2) is 0 Å². The van der Waals surface area contributed by atoms with E-state index in [4.69, 9.17) is 21.7 Å². The van der Waals surface area contributed by atoms with Crippen molar-refractivity contribution < 1.29 is 15.0 Å². The normalized spacial score (nSPS) is 16.3. The van der Waals surface area contributed by atoms with Crippen LogP contribution in [0.3, 0.4) is 0 Å². The molecule has 5 nitrogen and oxygen atoms in total. The smallest absolute Gasteiger partial charge is 0.303 e. The minimum Gasteiger partial charge on any atom is -0.481 e. The molecule has 0 heterocycles. The maximum Gasteiger partial charge on any atom is 0.303 e. The van der Waals surface area contributed by atoms with Gasteiger partial charge in [-0.2, -0.15) is 0 Å². The molecule has 0 aliphatic heterocycles. The van der Waals surface area contributed by atoms with Gasteiger partial charge in [0, 0.05) is 12.5 Å². The van der Waals surface area contributed by atoms with Crippen LogP contribution in [0.1, 0.15) is 12.8 Å². The summed E-state index contributed by atoms with van der Waals surface area (Å²) in [5.74, 6) is -0.934. The van der Waals surface area contributed by atoms with Gasteiger partial charge in [0.25, 0.3) is 0 Å². The molecule has 1 unspecified atom stereocenters. The maximum atomic E-state index is 9.95. The second-order valence-corrected chi connectivity index (χ2v) is 2.09. The molecule has 6 N–H and O–H groups in total. The SMILES string of the molecule is NC(O)[C@@H](N)CCC(=O)O. The Morgan fingerprint density at radius 3 is 2.30 bits per heavy atom. The molecule has 0 aliphatic carbocycles. The molecule has 0 amide bonds. The fourth-order valence-electron chi connectivity index (χ4n) is 0.461. The summed E-state index contributed by atoms with van der Waals surface area (Å²) in [6.45, 7) is 0. The quantitative estimate of drug-likeness (QED) is 0.361. The van der Waals surface area contributed by atoms with Crippen LogP contribution >= 0.6 is 0 Å². The molecule has 0 saturated carbocycles. The third-order valence-electron chi connectivity index (χ3n) is 1.13. The standard InChI is InChI=1S/C5H12N2O3/c6-3(5(7)10)1-2-4(8)9/h3,5,10H,1-2,6-7H2,(H,8,9)/t3-,5?/m0/s1. The highest BCUT2D eigenvalue weighted by Crippen LogP contribution is 1.95. The summed E-state index contributed by atoms with van der Waals surface area (Å²) in [7, 11) is 0. The summed E-state index contributed by atoms with van der Waals surface area (Å²) in [6, 6.07) is -0.643. The van der Waals surface area contributed by atoms with E-state index in [9.17, 15) is 4.79 Å². The molecule has 0 spiro atoms. The molecule has 10 heavy (non-hydrogen) atoms. The van der Waals surface area contributed by atoms with Crippen LogP contribution in [0.5, 0.6) is 0 Å². The first-order valence-corrected chi connectivity index (χ1v) is 2.95. The van der Waals surface area contributed by atoms with Gasteiger partial charge in [-0.1, -0.05) is 0 Å². The fraction of sp³-hybridized carbons (Fsp3) is 0.800. The summed E-state index contributed by atoms with van der Waals surface area (Å²) in [5.41, 5.74) is 10.2. The first-order valence-electron chi connectivity index (χ1n) is 2.95. The number of hydrogen-bond acceptors (Lipinski definition) is 4. The fourth-order valence-corrected chi connectivity index (χ4v) is 0.461. The molecule has 0 aliphatic rings. The van der Waals surface area contributed by atoms with Gasteiger partial charge < -0.3 is 21.7 Å². The molecule has 0 saturated heterocycles. The van der Waals surface area contributed by atoms with Crippen LogP contribution in [0, 0.1) is 0 Å². The van der Waals surface area contributed by atoms with Crippen LogP contribution in [0.25, 0.3) is 0 Å². The molecule has 0 fully saturated rings. The predicted octanol–water partition coefficient (Wildman–Crippen LogP) is -1.54. The van der Waals surface area contributed by atoms with Crippen molar-refractivity contribution in [2.24, 2.45) is 11.5 Å². The van der Waals surface area contributed by atoms with Crippen molar-refractivity contribution in [1.82, 2.24) is 0 Å². The van der Waals surface area contributed by atoms with Crippen LogP contribution in [-0.2, 0) is 4.79 Å². The molecule has 0 bridgehead atoms. The monoisotopic (exact) mass is 148 g/mol. The Morgan fingerprint density at radius 1 is 1.50 bits per heavy atom. The highest BCUT2D eigenvalue weighted by molar-refractivity contribution is 5.66. The number of aliphatic carboxylic acids is 1. The molecule has 0 aromatic rings. The van der Waals surface area contributed by atoms with E-state index in [1.54, 1.807) is 0 Å². The van der Waals surface area contributed by atoms with Crippen molar-refractivity contribution in [3.8, 4) is 0 Å². The average Bonchev–Trinajstić information content (AvgIpc) is 1.82. The Kier molecular flexibility index (Phi) is 3.94. The Labute approximate surface area is 58.6 Å². The topological polar surface area (TPSA) is 110 Å². The third kappa shape index (κ3) is 4.25. The molecule has 5 heteroatoms. The van der Waals surface area contributed by atoms with Crippen molar-refractivity contribution >= 4 is 5.97 Å². The van der Waals surface area contributed by atoms with Gasteiger partial charge in [-0.05, 0) is 6.42 Å². The molecular weight excluding hydrogens is 136 g/mol. The molecular formula is C5H12N2O3. The van der Waals surface area contributed by atoms with E-state index in [1.165, 1.54) is 0 Å². The van der Waals surface area contributed by atoms with E-state index in [0.29, 0.717) is 0 Å². The van der Waals surface area contributed by atoms with Crippen LogP contribution < -0.4 is 11.5 Å². The molecule has 0 rings (SSSR count). The van der Waals surface area contributed by atoms with Gasteiger partial charge in [-0.15, -0.1) is 0 Å². The summed E-state index contributed by atoms with van der Waals surface area (Å²) in [5, 5.41) is 16.8. The number of carboxylic acids is 1. The summed E-state index contributed by atoms with van der Waals surface area (Å²) >= 11 is 0. The number of carboxylic acid groups (broad SMARTS) is 1. The van der Waals surface area contributed by atoms with Crippen LogP contribution in [0.4, 0.5) is 0 Å². The van der Waals surface area contributed by atoms with Crippen LogP contribution in [-0.4, -0.2) is 28.5 Å². The lowest BCUT2D eigenvalue weighted by molar-refractivity contribution is -0.137. The van der Waals surface area contributed by atoms with Gasteiger partial charge in [-0.3, -0.25) is 4.79 Å². The minimum atomic E-state index is -1.13. The van der Waals surface area contributed by atoms with E-state index in [2.05, 4.69) is 0 Å². The second-order valence-electron chi connectivity index (χ2n) is 2.09. The summed E-state index contributed by atoms with van der Waals surface area (Å²) in [4.78, 5) is 9.95. The Bertz CT molecular complexity index is 115. The third-order valence-corrected chi connectivity index (χ3v) is 1.13. The lowest BCUT2D eigenvalue weighted by atomic mass is 10.1. The van der Waals surface area contributed by atoms with Crippen LogP contribution in [0.15, 0.2) is 0 Å². The first kappa shape index (κ1) is 9.35. The number of hydrogen-bond donors (Lipinski definition) is 4. The molecule has 2 atom stereocenters. The van der Waals surface area contributed by atoms with Crippen LogP contribution in [0.2, 0.25) is 0 Å². The van der Waals surface area contributed by atoms with Gasteiger partial charge in [0.2, 0.25) is 0 Å². The lowest BCUT2D eigenvalue weighted by Crippen LogP contribution is -2.41. The minimum absolute atomic E-state index is 0.0601. The van der Waals surface area contributed by atoms with Gasteiger partial charge >= 0.3 is 5.97 Å². The van der Waals surface area contributed by atoms with Crippen molar-refractivity contribution in [2.45, 2.75) is 25.1 Å². The molecule has 0 aromatic carbocycles. The maximum absolute atomic E-state index is 9.95. The molecule has 60 valence electrons. The molecule has 0 radical (unpaired) electrons. The number of carbonyl (C=O) groups is 1. The highest BCUT2D eigenvalue weighted by Gasteiger charge is 2.10. The molecule has 0 aromatic heterocycles. The van der Waals surface area contributed by atoms with Gasteiger partial charge in [0.15, 0.2) is 0 Å².